The summed E-state index contributed by atoms with van der Waals surface area (Å²) in [5.74, 6) is 0.287. The van der Waals surface area contributed by atoms with Crippen LogP contribution in [0.1, 0.15) is 24.0 Å². The minimum atomic E-state index is -0.410. The fraction of sp³-hybridized carbons (Fsp3) is 0.143. The molecular formula is C21H22N3NiO2. The van der Waals surface area contributed by atoms with Crippen molar-refractivity contribution < 1.29 is 25.9 Å². The van der Waals surface area contributed by atoms with Crippen molar-refractivity contribution in [3.63, 3.8) is 0 Å². The molecule has 0 aromatic heterocycles. The maximum absolute atomic E-state index is 10.1. The fourth-order valence-electron chi connectivity index (χ4n) is 2.73. The van der Waals surface area contributed by atoms with E-state index in [4.69, 9.17) is 26.5 Å². The zero-order valence-corrected chi connectivity index (χ0v) is 15.6. The van der Waals surface area contributed by atoms with E-state index < -0.39 is 6.04 Å². The van der Waals surface area contributed by atoms with Crippen molar-refractivity contribution in [3.8, 4) is 11.5 Å². The van der Waals surface area contributed by atoms with Crippen LogP contribution in [0, 0.1) is 10.8 Å². The molecule has 2 aromatic rings. The van der Waals surface area contributed by atoms with Crippen molar-refractivity contribution in [1.29, 1.82) is 10.8 Å². The van der Waals surface area contributed by atoms with Gasteiger partial charge >= 0.3 is 167 Å². The van der Waals surface area contributed by atoms with Crippen molar-refractivity contribution >= 4 is 24.6 Å². The van der Waals surface area contributed by atoms with Crippen molar-refractivity contribution in [2.75, 3.05) is 0 Å². The van der Waals surface area contributed by atoms with Gasteiger partial charge in [0.1, 0.15) is 0 Å². The molecule has 0 atom stereocenters. The van der Waals surface area contributed by atoms with Crippen molar-refractivity contribution in [2.45, 2.75) is 18.9 Å². The topological polar surface area (TPSA) is 100 Å². The van der Waals surface area contributed by atoms with Crippen LogP contribution in [0.2, 0.25) is 0 Å². The van der Waals surface area contributed by atoms with E-state index in [-0.39, 0.29) is 11.5 Å². The summed E-state index contributed by atoms with van der Waals surface area (Å²) in [5.41, 5.74) is 2.85. The summed E-state index contributed by atoms with van der Waals surface area (Å²) in [4.78, 5) is 0. The van der Waals surface area contributed by atoms with Crippen LogP contribution in [0.15, 0.2) is 59.7 Å². The Kier molecular flexibility index (Phi) is 7.99. The van der Waals surface area contributed by atoms with E-state index in [1.807, 2.05) is 12.1 Å². The molecule has 0 amide bonds. The van der Waals surface area contributed by atoms with Crippen LogP contribution >= 0.6 is 0 Å². The SMILES string of the molecule is N=CCC(=Cc1ccccc1O)C([NH][Ni])C(=Cc1ccccc1O)CC=N. The van der Waals surface area contributed by atoms with Crippen LogP contribution < -0.4 is 4.40 Å². The van der Waals surface area contributed by atoms with Gasteiger partial charge in [-0.1, -0.05) is 0 Å². The van der Waals surface area contributed by atoms with Crippen LogP contribution in [-0.2, 0) is 15.7 Å². The second-order valence-corrected chi connectivity index (χ2v) is 6.18. The Labute approximate surface area is 167 Å². The molecule has 5 nitrogen and oxygen atoms in total. The summed E-state index contributed by atoms with van der Waals surface area (Å²) in [6.07, 6.45) is 6.84. The molecule has 0 aliphatic rings. The van der Waals surface area contributed by atoms with Gasteiger partial charge < -0.3 is 0 Å². The first-order chi connectivity index (χ1) is 13.1. The molecule has 5 N–H and O–H groups in total. The third kappa shape index (κ3) is 5.65. The molecule has 0 spiro atoms. The monoisotopic (exact) mass is 406 g/mol. The van der Waals surface area contributed by atoms with Gasteiger partial charge in [-0.3, -0.25) is 0 Å². The molecule has 0 saturated heterocycles. The molecule has 2 aromatic carbocycles. The quantitative estimate of drug-likeness (QED) is 0.320. The Morgan fingerprint density at radius 3 is 1.59 bits per heavy atom. The molecule has 0 heterocycles. The third-order valence-corrected chi connectivity index (χ3v) is 4.35. The predicted octanol–water partition coefficient (Wildman–Crippen LogP) is 4.06. The second-order valence-electron chi connectivity index (χ2n) is 5.90. The zero-order valence-electron chi connectivity index (χ0n) is 14.6. The molecule has 0 fully saturated rings. The summed E-state index contributed by atoms with van der Waals surface area (Å²) >= 11 is 4.81. The summed E-state index contributed by atoms with van der Waals surface area (Å²) < 4.78 is 2.87. The Morgan fingerprint density at radius 1 is 0.852 bits per heavy atom. The van der Waals surface area contributed by atoms with Crippen molar-refractivity contribution in [2.24, 2.45) is 0 Å². The molecule has 0 aliphatic heterocycles. The summed E-state index contributed by atoms with van der Waals surface area (Å²) in [7, 11) is 0. The first kappa shape index (κ1) is 20.6. The number of aromatic hydroxyl groups is 2. The number of phenols is 2. The number of nitrogens with one attached hydrogen (secondary N) is 3. The average Bonchev–Trinajstić information content (AvgIpc) is 2.66. The molecule has 2 rings (SSSR count). The van der Waals surface area contributed by atoms with E-state index in [9.17, 15) is 10.2 Å². The van der Waals surface area contributed by atoms with E-state index in [1.54, 1.807) is 48.6 Å². The van der Waals surface area contributed by atoms with Gasteiger partial charge in [0.2, 0.25) is 0 Å². The summed E-state index contributed by atoms with van der Waals surface area (Å²) in [6, 6.07) is 13.5. The molecular weight excluding hydrogens is 385 g/mol. The molecule has 0 unspecified atom stereocenters. The first-order valence-corrected chi connectivity index (χ1v) is 8.88. The third-order valence-electron chi connectivity index (χ3n) is 4.06. The number of hydrogen-bond donors (Lipinski definition) is 5. The van der Waals surface area contributed by atoms with E-state index >= 15 is 0 Å². The number of rotatable bonds is 9. The van der Waals surface area contributed by atoms with E-state index in [2.05, 4.69) is 4.40 Å². The Morgan fingerprint density at radius 2 is 1.26 bits per heavy atom. The average molecular weight is 407 g/mol. The van der Waals surface area contributed by atoms with Crippen molar-refractivity contribution in [3.05, 3.63) is 70.8 Å². The van der Waals surface area contributed by atoms with Gasteiger partial charge in [0.25, 0.3) is 0 Å². The van der Waals surface area contributed by atoms with Gasteiger partial charge in [-0.05, 0) is 0 Å². The summed E-state index contributed by atoms with van der Waals surface area (Å²) in [5, 5.41) is 35.2. The first-order valence-electron chi connectivity index (χ1n) is 8.38. The Hall–Kier alpha value is -2.69. The van der Waals surface area contributed by atoms with Crippen molar-refractivity contribution in [1.82, 2.24) is 4.40 Å². The van der Waals surface area contributed by atoms with Crippen LogP contribution in [-0.4, -0.2) is 28.7 Å². The van der Waals surface area contributed by atoms with Gasteiger partial charge in [-0.15, -0.1) is 0 Å². The number of hydrogen-bond acceptors (Lipinski definition) is 5. The fourth-order valence-corrected chi connectivity index (χ4v) is 3.10. The maximum atomic E-state index is 10.1. The van der Waals surface area contributed by atoms with E-state index in [0.717, 1.165) is 11.1 Å². The second kappa shape index (κ2) is 10.5. The van der Waals surface area contributed by atoms with E-state index in [1.165, 1.54) is 12.4 Å². The van der Waals surface area contributed by atoms with Crippen LogP contribution in [0.5, 0.6) is 11.5 Å². The predicted molar refractivity (Wildman–Crippen MR) is 106 cm³/mol. The molecule has 27 heavy (non-hydrogen) atoms. The molecule has 0 aliphatic carbocycles. The molecule has 0 saturated carbocycles. The number of para-hydroxylation sites is 2. The molecule has 6 heteroatoms. The molecule has 143 valence electrons. The Balaban J connectivity index is 2.52. The Bertz CT molecular complexity index is 793. The van der Waals surface area contributed by atoms with Crippen LogP contribution in [0.25, 0.3) is 12.2 Å². The zero-order chi connectivity index (χ0) is 19.6. The van der Waals surface area contributed by atoms with Gasteiger partial charge in [0, 0.05) is 0 Å². The number of benzene rings is 2. The van der Waals surface area contributed by atoms with E-state index in [0.29, 0.717) is 24.0 Å². The van der Waals surface area contributed by atoms with Gasteiger partial charge in [0.15, 0.2) is 0 Å². The standard InChI is InChI=1S/C21H22N3O2.Ni/c22-11-9-17(13-15-5-1-3-7-19(15)25)21(24)18(10-12-23)14-16-6-2-4-8-20(16)26;/h1-8,11-14,21-26H,9-10H2;/q-1;+1. The van der Waals surface area contributed by atoms with Gasteiger partial charge in [-0.2, -0.15) is 0 Å². The van der Waals surface area contributed by atoms with Crippen LogP contribution in [0.4, 0.5) is 0 Å². The molecule has 0 bridgehead atoms. The van der Waals surface area contributed by atoms with Crippen LogP contribution in [0.3, 0.4) is 0 Å². The normalized spacial score (nSPS) is 13.3. The van der Waals surface area contributed by atoms with Gasteiger partial charge in [0.05, 0.1) is 0 Å². The number of phenolic OH excluding ortho intramolecular Hbond substituents is 2. The molecule has 0 radical (unpaired) electrons. The summed E-state index contributed by atoms with van der Waals surface area (Å²) in [6.45, 7) is 0. The minimum absolute atomic E-state index is 0.144. The van der Waals surface area contributed by atoms with Gasteiger partial charge in [-0.25, -0.2) is 0 Å².